The number of carbonyl (C=O) groups is 2. The Hall–Kier alpha value is -1.69. The quantitative estimate of drug-likeness (QED) is 0.437. The van der Waals surface area contributed by atoms with Crippen LogP contribution < -0.4 is 0 Å². The Morgan fingerprint density at radius 3 is 1.41 bits per heavy atom. The van der Waals surface area contributed by atoms with Crippen LogP contribution in [0.4, 0.5) is 39.5 Å². The standard InChI is InChI=1S/C9H7F9O4/c1-6(2,9(16,17)18)22-4(20)3(19)21-5(7(10,11)12)8(13,14)15/h5H,1-2H3. The smallest absolute Gasteiger partial charge is 0.434 e. The van der Waals surface area contributed by atoms with E-state index in [1.807, 2.05) is 0 Å². The number of rotatable bonds is 2. The summed E-state index contributed by atoms with van der Waals surface area (Å²) in [6, 6.07) is 0. The highest BCUT2D eigenvalue weighted by Gasteiger charge is 2.61. The molecule has 130 valence electrons. The molecule has 0 fully saturated rings. The van der Waals surface area contributed by atoms with Crippen LogP contribution in [0.3, 0.4) is 0 Å². The van der Waals surface area contributed by atoms with Crippen molar-refractivity contribution in [3.05, 3.63) is 0 Å². The predicted molar refractivity (Wildman–Crippen MR) is 48.2 cm³/mol. The minimum absolute atomic E-state index is 0.225. The molecule has 22 heavy (non-hydrogen) atoms. The molecule has 0 aromatic rings. The first-order chi connectivity index (χ1) is 9.39. The zero-order valence-corrected chi connectivity index (χ0v) is 10.6. The van der Waals surface area contributed by atoms with Gasteiger partial charge in [0.2, 0.25) is 5.60 Å². The van der Waals surface area contributed by atoms with Crippen molar-refractivity contribution in [3.63, 3.8) is 0 Å². The number of ether oxygens (including phenoxy) is 2. The maximum atomic E-state index is 12.3. The normalized spacial score (nSPS) is 14.0. The Morgan fingerprint density at radius 1 is 0.773 bits per heavy atom. The van der Waals surface area contributed by atoms with Crippen LogP contribution in [0.5, 0.6) is 0 Å². The Labute approximate surface area is 116 Å². The van der Waals surface area contributed by atoms with Crippen LogP contribution in [0, 0.1) is 0 Å². The SMILES string of the molecule is CC(C)(OC(=O)C(=O)OC(C(F)(F)F)C(F)(F)F)C(F)(F)F. The Kier molecular flexibility index (Phi) is 5.39. The number of halogens is 9. The van der Waals surface area contributed by atoms with Gasteiger partial charge in [0, 0.05) is 0 Å². The Bertz CT molecular complexity index is 418. The molecule has 0 rings (SSSR count). The lowest BCUT2D eigenvalue weighted by atomic mass is 10.1. The fraction of sp³-hybridized carbons (Fsp3) is 0.778. The lowest BCUT2D eigenvalue weighted by molar-refractivity contribution is -0.314. The van der Waals surface area contributed by atoms with E-state index in [4.69, 9.17) is 0 Å². The Morgan fingerprint density at radius 2 is 1.14 bits per heavy atom. The number of esters is 2. The van der Waals surface area contributed by atoms with Crippen LogP contribution in [0.1, 0.15) is 13.8 Å². The molecule has 0 radical (unpaired) electrons. The highest BCUT2D eigenvalue weighted by Crippen LogP contribution is 2.36. The third-order valence-electron chi connectivity index (χ3n) is 2.02. The van der Waals surface area contributed by atoms with E-state index in [1.165, 1.54) is 0 Å². The van der Waals surface area contributed by atoms with Crippen LogP contribution in [0.25, 0.3) is 0 Å². The van der Waals surface area contributed by atoms with Crippen LogP contribution in [0.15, 0.2) is 0 Å². The van der Waals surface area contributed by atoms with Gasteiger partial charge in [-0.05, 0) is 13.8 Å². The molecular weight excluding hydrogens is 343 g/mol. The summed E-state index contributed by atoms with van der Waals surface area (Å²) in [5.41, 5.74) is -3.32. The third-order valence-corrected chi connectivity index (χ3v) is 2.02. The zero-order chi connectivity index (χ0) is 18.1. The second-order valence-corrected chi connectivity index (χ2v) is 4.27. The molecule has 4 nitrogen and oxygen atoms in total. The van der Waals surface area contributed by atoms with Crippen LogP contribution in [-0.4, -0.2) is 42.2 Å². The predicted octanol–water partition coefficient (Wildman–Crippen LogP) is 2.91. The molecule has 0 aliphatic carbocycles. The van der Waals surface area contributed by atoms with Crippen molar-refractivity contribution in [1.82, 2.24) is 0 Å². The van der Waals surface area contributed by atoms with Crippen LogP contribution in [0.2, 0.25) is 0 Å². The van der Waals surface area contributed by atoms with E-state index < -0.39 is 42.2 Å². The minimum Gasteiger partial charge on any atom is -0.442 e. The number of hydrogen-bond donors (Lipinski definition) is 0. The Balaban J connectivity index is 5.10. The van der Waals surface area contributed by atoms with Crippen LogP contribution >= 0.6 is 0 Å². The highest BCUT2D eigenvalue weighted by atomic mass is 19.4. The molecule has 0 atom stereocenters. The third kappa shape index (κ3) is 5.26. The van der Waals surface area contributed by atoms with E-state index >= 15 is 0 Å². The average molecular weight is 350 g/mol. The first-order valence-electron chi connectivity index (χ1n) is 5.03. The van der Waals surface area contributed by atoms with Crippen molar-refractivity contribution < 1.29 is 58.6 Å². The van der Waals surface area contributed by atoms with Gasteiger partial charge in [0.25, 0.3) is 6.10 Å². The van der Waals surface area contributed by atoms with Gasteiger partial charge < -0.3 is 9.47 Å². The summed E-state index contributed by atoms with van der Waals surface area (Å²) >= 11 is 0. The average Bonchev–Trinajstić information content (AvgIpc) is 2.19. The fourth-order valence-electron chi connectivity index (χ4n) is 0.806. The molecule has 0 saturated heterocycles. The van der Waals surface area contributed by atoms with Crippen LogP contribution in [-0.2, 0) is 19.1 Å². The summed E-state index contributed by atoms with van der Waals surface area (Å²) in [5.74, 6) is -5.52. The molecule has 0 unspecified atom stereocenters. The van der Waals surface area contributed by atoms with Crippen molar-refractivity contribution in [1.29, 1.82) is 0 Å². The molecular formula is C9H7F9O4. The van der Waals surface area contributed by atoms with Gasteiger partial charge in [0.15, 0.2) is 0 Å². The van der Waals surface area contributed by atoms with Crippen molar-refractivity contribution in [2.24, 2.45) is 0 Å². The van der Waals surface area contributed by atoms with Gasteiger partial charge in [-0.1, -0.05) is 0 Å². The molecule has 13 heteroatoms. The van der Waals surface area contributed by atoms with Crippen molar-refractivity contribution in [3.8, 4) is 0 Å². The lowest BCUT2D eigenvalue weighted by Crippen LogP contribution is -2.49. The lowest BCUT2D eigenvalue weighted by Gasteiger charge is -2.27. The largest absolute Gasteiger partial charge is 0.442 e. The summed E-state index contributed by atoms with van der Waals surface area (Å²) in [6.07, 6.45) is -22.1. The molecule has 0 saturated carbocycles. The molecule has 0 heterocycles. The first kappa shape index (κ1) is 20.3. The van der Waals surface area contributed by atoms with Crippen molar-refractivity contribution >= 4 is 11.9 Å². The number of hydrogen-bond acceptors (Lipinski definition) is 4. The maximum Gasteiger partial charge on any atom is 0.434 e. The molecule has 0 aromatic heterocycles. The van der Waals surface area contributed by atoms with Gasteiger partial charge in [-0.3, -0.25) is 0 Å². The number of carbonyl (C=O) groups excluding carboxylic acids is 2. The summed E-state index contributed by atoms with van der Waals surface area (Å²) < 4.78 is 116. The molecule has 0 aliphatic rings. The van der Waals surface area contributed by atoms with Gasteiger partial charge in [0.05, 0.1) is 0 Å². The minimum atomic E-state index is -6.12. The highest BCUT2D eigenvalue weighted by molar-refractivity contribution is 6.29. The maximum absolute atomic E-state index is 12.3. The zero-order valence-electron chi connectivity index (χ0n) is 10.6. The monoisotopic (exact) mass is 350 g/mol. The van der Waals surface area contributed by atoms with Crippen molar-refractivity contribution in [2.45, 2.75) is 44.1 Å². The van der Waals surface area contributed by atoms with Gasteiger partial charge in [-0.25, -0.2) is 9.59 Å². The summed E-state index contributed by atoms with van der Waals surface area (Å²) in [6.45, 7) is 0.451. The molecule has 0 aromatic carbocycles. The van der Waals surface area contributed by atoms with E-state index in [0.29, 0.717) is 0 Å². The van der Waals surface area contributed by atoms with E-state index in [9.17, 15) is 49.1 Å². The number of alkyl halides is 9. The molecule has 0 bridgehead atoms. The van der Waals surface area contributed by atoms with Gasteiger partial charge in [-0.15, -0.1) is 0 Å². The topological polar surface area (TPSA) is 52.6 Å². The fourth-order valence-corrected chi connectivity index (χ4v) is 0.806. The van der Waals surface area contributed by atoms with E-state index in [1.54, 1.807) is 0 Å². The second-order valence-electron chi connectivity index (χ2n) is 4.27. The van der Waals surface area contributed by atoms with Gasteiger partial charge >= 0.3 is 30.5 Å². The molecule has 0 amide bonds. The van der Waals surface area contributed by atoms with Gasteiger partial charge in [-0.2, -0.15) is 39.5 Å². The molecule has 0 spiro atoms. The van der Waals surface area contributed by atoms with E-state index in [2.05, 4.69) is 9.47 Å². The summed E-state index contributed by atoms with van der Waals surface area (Å²) in [7, 11) is 0. The molecule has 0 N–H and O–H groups in total. The first-order valence-corrected chi connectivity index (χ1v) is 5.03. The van der Waals surface area contributed by atoms with E-state index in [-0.39, 0.29) is 13.8 Å². The van der Waals surface area contributed by atoms with E-state index in [0.717, 1.165) is 0 Å². The summed E-state index contributed by atoms with van der Waals surface area (Å²) in [4.78, 5) is 21.7. The summed E-state index contributed by atoms with van der Waals surface area (Å²) in [5, 5.41) is 0. The molecule has 0 aliphatic heterocycles. The van der Waals surface area contributed by atoms with Crippen molar-refractivity contribution in [2.75, 3.05) is 0 Å². The second kappa shape index (κ2) is 5.83. The van der Waals surface area contributed by atoms with Gasteiger partial charge in [0.1, 0.15) is 0 Å².